The fourth-order valence-electron chi connectivity index (χ4n) is 3.33. The molecule has 1 aromatic carbocycles. The number of nitrogens with one attached hydrogen (secondary N) is 2. The van der Waals surface area contributed by atoms with Crippen molar-refractivity contribution >= 4 is 33.8 Å². The molecule has 0 saturated carbocycles. The van der Waals surface area contributed by atoms with Crippen LogP contribution in [0.25, 0.3) is 21.3 Å². The summed E-state index contributed by atoms with van der Waals surface area (Å²) in [5.74, 6) is 0.138. The molecular weight excluding hydrogens is 365 g/mol. The third kappa shape index (κ3) is 3.54. The number of nitrogens with zero attached hydrogens (tertiary/aromatic N) is 3. The Balaban J connectivity index is 1.61. The van der Waals surface area contributed by atoms with E-state index >= 15 is 0 Å². The van der Waals surface area contributed by atoms with Crippen LogP contribution >= 0.6 is 11.3 Å². The van der Waals surface area contributed by atoms with Crippen LogP contribution in [0.15, 0.2) is 30.5 Å². The largest absolute Gasteiger partial charge is 0.317 e. The molecule has 0 unspecified atom stereocenters. The number of anilines is 1. The molecule has 1 aliphatic heterocycles. The molecule has 0 radical (unpaired) electrons. The zero-order valence-corrected chi connectivity index (χ0v) is 15.8. The fraction of sp³-hybridized carbons (Fsp3) is 0.368. The maximum absolute atomic E-state index is 13.7. The molecule has 0 aliphatic carbocycles. The molecule has 8 heteroatoms. The van der Waals surface area contributed by atoms with Crippen LogP contribution in [-0.2, 0) is 4.79 Å². The molecule has 0 bridgehead atoms. The van der Waals surface area contributed by atoms with Gasteiger partial charge in [-0.05, 0) is 50.4 Å². The molecule has 0 atom stereocenters. The highest BCUT2D eigenvalue weighted by Gasteiger charge is 2.39. The van der Waals surface area contributed by atoms with Crippen LogP contribution < -0.4 is 10.6 Å². The van der Waals surface area contributed by atoms with Gasteiger partial charge in [-0.2, -0.15) is 0 Å². The molecular formula is C19H20FN5OS. The quantitative estimate of drug-likeness (QED) is 0.720. The molecule has 0 spiro atoms. The van der Waals surface area contributed by atoms with E-state index in [1.165, 1.54) is 11.3 Å². The molecule has 1 fully saturated rings. The van der Waals surface area contributed by atoms with E-state index in [0.29, 0.717) is 31.7 Å². The van der Waals surface area contributed by atoms with E-state index in [-0.39, 0.29) is 5.91 Å². The molecule has 3 heterocycles. The Bertz CT molecular complexity index is 983. The fourth-order valence-corrected chi connectivity index (χ4v) is 4.02. The van der Waals surface area contributed by atoms with Gasteiger partial charge in [0.15, 0.2) is 0 Å². The number of alkyl halides is 1. The van der Waals surface area contributed by atoms with Crippen molar-refractivity contribution in [2.45, 2.75) is 19.8 Å². The summed E-state index contributed by atoms with van der Waals surface area (Å²) < 4.78 is 13.7. The van der Waals surface area contributed by atoms with Crippen LogP contribution in [0.2, 0.25) is 0 Å². The van der Waals surface area contributed by atoms with E-state index in [9.17, 15) is 9.18 Å². The highest BCUT2D eigenvalue weighted by atomic mass is 32.1. The third-order valence-corrected chi connectivity index (χ3v) is 5.92. The SMILES string of the molecule is Cc1nnc(-c2ccc3cnc(NC(=O)C4(CF)CCNCC4)cc3c2)s1. The van der Waals surface area contributed by atoms with E-state index in [4.69, 9.17) is 0 Å². The third-order valence-electron chi connectivity index (χ3n) is 5.03. The van der Waals surface area contributed by atoms with Gasteiger partial charge in [-0.25, -0.2) is 9.37 Å². The molecule has 6 nitrogen and oxygen atoms in total. The number of carbonyl (C=O) groups excluding carboxylic acids is 1. The lowest BCUT2D eigenvalue weighted by atomic mass is 9.79. The van der Waals surface area contributed by atoms with Gasteiger partial charge in [-0.15, -0.1) is 10.2 Å². The Labute approximate surface area is 160 Å². The van der Waals surface area contributed by atoms with Gasteiger partial charge in [-0.1, -0.05) is 23.5 Å². The molecule has 1 saturated heterocycles. The monoisotopic (exact) mass is 385 g/mol. The summed E-state index contributed by atoms with van der Waals surface area (Å²) in [6.45, 7) is 2.55. The molecule has 27 heavy (non-hydrogen) atoms. The zero-order chi connectivity index (χ0) is 18.9. The van der Waals surface area contributed by atoms with Gasteiger partial charge in [0.1, 0.15) is 22.5 Å². The first-order valence-electron chi connectivity index (χ1n) is 8.88. The van der Waals surface area contributed by atoms with E-state index in [0.717, 1.165) is 26.4 Å². The molecule has 2 N–H and O–H groups in total. The van der Waals surface area contributed by atoms with Gasteiger partial charge in [0, 0.05) is 17.1 Å². The van der Waals surface area contributed by atoms with Gasteiger partial charge in [0.05, 0.1) is 5.41 Å². The first kappa shape index (κ1) is 17.9. The van der Waals surface area contributed by atoms with Crippen LogP contribution in [0.1, 0.15) is 17.8 Å². The number of aryl methyl sites for hydroxylation is 1. The Morgan fingerprint density at radius 1 is 1.26 bits per heavy atom. The standard InChI is InChI=1S/C19H20FN5OS/c1-12-24-25-17(27-12)13-2-3-14-10-22-16(9-15(14)8-13)23-18(26)19(11-20)4-6-21-7-5-19/h2-3,8-10,21H,4-7,11H2,1H3,(H,22,23,26). The number of benzene rings is 1. The lowest BCUT2D eigenvalue weighted by Crippen LogP contribution is -2.46. The number of hydrogen-bond acceptors (Lipinski definition) is 6. The van der Waals surface area contributed by atoms with E-state index < -0.39 is 12.1 Å². The van der Waals surface area contributed by atoms with Gasteiger partial charge in [-0.3, -0.25) is 4.79 Å². The van der Waals surface area contributed by atoms with Crippen molar-refractivity contribution in [3.05, 3.63) is 35.5 Å². The average molecular weight is 385 g/mol. The number of rotatable bonds is 4. The van der Waals surface area contributed by atoms with Crippen molar-refractivity contribution in [2.24, 2.45) is 5.41 Å². The minimum absolute atomic E-state index is 0.297. The van der Waals surface area contributed by atoms with Crippen LogP contribution in [0.3, 0.4) is 0 Å². The number of aromatic nitrogens is 3. The summed E-state index contributed by atoms with van der Waals surface area (Å²) in [7, 11) is 0. The summed E-state index contributed by atoms with van der Waals surface area (Å²) in [6, 6.07) is 7.77. The summed E-state index contributed by atoms with van der Waals surface area (Å²) in [6.07, 6.45) is 2.69. The van der Waals surface area contributed by atoms with Crippen LogP contribution in [0.4, 0.5) is 10.2 Å². The minimum Gasteiger partial charge on any atom is -0.317 e. The Kier molecular flexibility index (Phi) is 4.84. The van der Waals surface area contributed by atoms with Gasteiger partial charge in [0.25, 0.3) is 0 Å². The van der Waals surface area contributed by atoms with Crippen molar-refractivity contribution in [1.82, 2.24) is 20.5 Å². The van der Waals surface area contributed by atoms with Crippen LogP contribution in [0, 0.1) is 12.3 Å². The normalized spacial score (nSPS) is 16.4. The summed E-state index contributed by atoms with van der Waals surface area (Å²) in [5.41, 5.74) is 0.00328. The number of pyridine rings is 1. The van der Waals surface area contributed by atoms with E-state index in [2.05, 4.69) is 25.8 Å². The molecule has 2 aromatic heterocycles. The average Bonchev–Trinajstić information content (AvgIpc) is 3.14. The van der Waals surface area contributed by atoms with Gasteiger partial charge >= 0.3 is 0 Å². The van der Waals surface area contributed by atoms with Crippen molar-refractivity contribution in [3.63, 3.8) is 0 Å². The zero-order valence-electron chi connectivity index (χ0n) is 15.0. The lowest BCUT2D eigenvalue weighted by Gasteiger charge is -2.33. The highest BCUT2D eigenvalue weighted by molar-refractivity contribution is 7.14. The molecule has 140 valence electrons. The Morgan fingerprint density at radius 3 is 2.78 bits per heavy atom. The summed E-state index contributed by atoms with van der Waals surface area (Å²) >= 11 is 1.53. The minimum atomic E-state index is -0.964. The van der Waals surface area contributed by atoms with Crippen LogP contribution in [0.5, 0.6) is 0 Å². The first-order valence-corrected chi connectivity index (χ1v) is 9.70. The lowest BCUT2D eigenvalue weighted by molar-refractivity contribution is -0.128. The first-order chi connectivity index (χ1) is 13.1. The van der Waals surface area contributed by atoms with Crippen molar-refractivity contribution in [1.29, 1.82) is 0 Å². The second-order valence-corrected chi connectivity index (χ2v) is 8.06. The summed E-state index contributed by atoms with van der Waals surface area (Å²) in [4.78, 5) is 17.0. The molecule has 3 aromatic rings. The number of halogens is 1. The van der Waals surface area contributed by atoms with Crippen LogP contribution in [-0.4, -0.2) is 40.9 Å². The topological polar surface area (TPSA) is 79.8 Å². The Hall–Kier alpha value is -2.45. The summed E-state index contributed by atoms with van der Waals surface area (Å²) in [5, 5.41) is 17.9. The highest BCUT2D eigenvalue weighted by Crippen LogP contribution is 2.32. The smallest absolute Gasteiger partial charge is 0.234 e. The van der Waals surface area contributed by atoms with Gasteiger partial charge in [0.2, 0.25) is 5.91 Å². The Morgan fingerprint density at radius 2 is 2.07 bits per heavy atom. The number of hydrogen-bond donors (Lipinski definition) is 2. The van der Waals surface area contributed by atoms with E-state index in [1.807, 2.05) is 31.2 Å². The van der Waals surface area contributed by atoms with E-state index in [1.54, 1.807) is 6.20 Å². The second kappa shape index (κ2) is 7.28. The molecule has 4 rings (SSSR count). The second-order valence-electron chi connectivity index (χ2n) is 6.88. The number of carbonyl (C=O) groups is 1. The molecule has 1 aliphatic rings. The van der Waals surface area contributed by atoms with Crippen molar-refractivity contribution < 1.29 is 9.18 Å². The molecule has 1 amide bonds. The predicted octanol–water partition coefficient (Wildman–Crippen LogP) is 3.34. The number of amides is 1. The van der Waals surface area contributed by atoms with Gasteiger partial charge < -0.3 is 10.6 Å². The maximum Gasteiger partial charge on any atom is 0.234 e. The maximum atomic E-state index is 13.7. The van der Waals surface area contributed by atoms with Crippen molar-refractivity contribution in [2.75, 3.05) is 25.1 Å². The van der Waals surface area contributed by atoms with Crippen molar-refractivity contribution in [3.8, 4) is 10.6 Å². The number of fused-ring (bicyclic) bond motifs is 1. The predicted molar refractivity (Wildman–Crippen MR) is 105 cm³/mol. The number of piperidine rings is 1.